The molecule has 0 atom stereocenters. The lowest BCUT2D eigenvalue weighted by Gasteiger charge is -1.98. The maximum atomic E-state index is 3.70. The van der Waals surface area contributed by atoms with Crippen LogP contribution >= 0.6 is 12.6 Å². The Hall–Kier alpha value is -0.510. The second-order valence-electron chi connectivity index (χ2n) is 1.43. The molecule has 0 fully saturated rings. The number of thiol groups is 1. The molecule has 8 heavy (non-hydrogen) atoms. The van der Waals surface area contributed by atoms with Crippen LogP contribution in [-0.2, 0) is 0 Å². The van der Waals surface area contributed by atoms with Crippen molar-refractivity contribution in [3.63, 3.8) is 0 Å². The summed E-state index contributed by atoms with van der Waals surface area (Å²) in [4.78, 5) is 1.79. The molecule has 0 N–H and O–H groups in total. The summed E-state index contributed by atoms with van der Waals surface area (Å²) in [6.45, 7) is 0. The predicted molar refractivity (Wildman–Crippen MR) is 39.7 cm³/mol. The molecule has 0 aromatic carbocycles. The van der Waals surface area contributed by atoms with Crippen molar-refractivity contribution in [1.82, 2.24) is 4.90 Å². The summed E-state index contributed by atoms with van der Waals surface area (Å²) in [6, 6.07) is 0. The summed E-state index contributed by atoms with van der Waals surface area (Å²) < 4.78 is 0. The van der Waals surface area contributed by atoms with E-state index in [0.717, 1.165) is 0 Å². The van der Waals surface area contributed by atoms with Gasteiger partial charge in [0.25, 0.3) is 0 Å². The van der Waals surface area contributed by atoms with Gasteiger partial charge < -0.3 is 4.90 Å². The van der Waals surface area contributed by atoms with Gasteiger partial charge in [-0.25, -0.2) is 0 Å². The zero-order valence-electron chi connectivity index (χ0n) is 4.94. The van der Waals surface area contributed by atoms with Gasteiger partial charge in [-0.05, 0) is 0 Å². The maximum Gasteiger partial charge on any atom is 0.113 e. The van der Waals surface area contributed by atoms with E-state index in [1.165, 1.54) is 5.55 Å². The summed E-state index contributed by atoms with van der Waals surface area (Å²) >= 11 is 3.70. The fourth-order valence-electron chi connectivity index (χ4n) is 0.163. The average molecular weight is 131 g/mol. The van der Waals surface area contributed by atoms with Crippen LogP contribution in [0.2, 0.25) is 0 Å². The minimum absolute atomic E-state index is 1.33. The van der Waals surface area contributed by atoms with Gasteiger partial charge >= 0.3 is 0 Å². The molecule has 0 aromatic rings. The largest absolute Gasteiger partial charge is 0.367 e. The second-order valence-corrected chi connectivity index (χ2v) is 1.66. The van der Waals surface area contributed by atoms with E-state index >= 15 is 0 Å². The Bertz CT molecular complexity index is 97.5. The van der Waals surface area contributed by atoms with Crippen LogP contribution in [0.5, 0.6) is 0 Å². The van der Waals surface area contributed by atoms with E-state index in [4.69, 9.17) is 0 Å². The Labute approximate surface area is 54.5 Å². The molecule has 4 heteroatoms. The van der Waals surface area contributed by atoms with E-state index in [2.05, 4.69) is 22.8 Å². The summed E-state index contributed by atoms with van der Waals surface area (Å²) in [5.41, 5.74) is 1.33. The fraction of sp³-hybridized carbons (Fsp3) is 0.500. The lowest BCUT2D eigenvalue weighted by molar-refractivity contribution is 0.640. The van der Waals surface area contributed by atoms with Crippen molar-refractivity contribution in [2.45, 2.75) is 0 Å². The molecule has 46 valence electrons. The first-order chi connectivity index (χ1) is 3.77. The van der Waals surface area contributed by atoms with Gasteiger partial charge in [-0.15, -0.1) is 17.7 Å². The van der Waals surface area contributed by atoms with Crippen LogP contribution < -0.4 is 0 Å². The van der Waals surface area contributed by atoms with Crippen LogP contribution in [0.1, 0.15) is 0 Å². The third kappa shape index (κ3) is 5.49. The summed E-state index contributed by atoms with van der Waals surface area (Å²) in [6.07, 6.45) is 1.59. The molecule has 0 spiro atoms. The first-order valence-electron chi connectivity index (χ1n) is 2.13. The zero-order chi connectivity index (χ0) is 6.41. The predicted octanol–water partition coefficient (Wildman–Crippen LogP) is 0.449. The van der Waals surface area contributed by atoms with E-state index in [0.29, 0.717) is 0 Å². The van der Waals surface area contributed by atoms with Crippen LogP contribution in [0.4, 0.5) is 0 Å². The maximum absolute atomic E-state index is 3.70. The van der Waals surface area contributed by atoms with Crippen molar-refractivity contribution in [3.05, 3.63) is 0 Å². The average Bonchev–Trinajstić information content (AvgIpc) is 1.66. The molecule has 0 unspecified atom stereocenters. The first-order valence-corrected chi connectivity index (χ1v) is 2.64. The molecular formula is C4H9N3S. The Balaban J connectivity index is 3.34. The summed E-state index contributed by atoms with van der Waals surface area (Å²) in [7, 11) is 3.75. The van der Waals surface area contributed by atoms with E-state index in [9.17, 15) is 0 Å². The molecule has 0 aliphatic heterocycles. The van der Waals surface area contributed by atoms with Gasteiger partial charge in [-0.3, -0.25) is 0 Å². The van der Waals surface area contributed by atoms with Gasteiger partial charge in [0.05, 0.1) is 5.55 Å². The normalized spacial score (nSPS) is 11.4. The fourth-order valence-corrected chi connectivity index (χ4v) is 0.223. The molecule has 0 saturated carbocycles. The van der Waals surface area contributed by atoms with Gasteiger partial charge in [-0.1, -0.05) is 0 Å². The number of hydrogen-bond donors (Lipinski definition) is 1. The van der Waals surface area contributed by atoms with Crippen molar-refractivity contribution in [2.75, 3.05) is 14.1 Å². The standard InChI is InChI=1S/C4H9N3S/c1-7(2)3-5-6-4-8/h3-4H,1-2H3,(H,6,8)/b5-3-. The Kier molecular flexibility index (Phi) is 4.35. The lowest BCUT2D eigenvalue weighted by atomic mass is 11.0. The smallest absolute Gasteiger partial charge is 0.113 e. The summed E-state index contributed by atoms with van der Waals surface area (Å²) in [5.74, 6) is 0. The van der Waals surface area contributed by atoms with Crippen LogP contribution in [0.25, 0.3) is 0 Å². The highest BCUT2D eigenvalue weighted by Gasteiger charge is 1.70. The minimum Gasteiger partial charge on any atom is -0.367 e. The molecule has 0 aliphatic carbocycles. The molecule has 0 bridgehead atoms. The lowest BCUT2D eigenvalue weighted by Crippen LogP contribution is -2.06. The third-order valence-electron chi connectivity index (χ3n) is 0.401. The van der Waals surface area contributed by atoms with Gasteiger partial charge in [-0.2, -0.15) is 5.10 Å². The quantitative estimate of drug-likeness (QED) is 0.250. The number of hydrogen-bond acceptors (Lipinski definition) is 2. The monoisotopic (exact) mass is 131 g/mol. The molecule has 0 saturated heterocycles. The van der Waals surface area contributed by atoms with Crippen LogP contribution in [0.15, 0.2) is 10.2 Å². The molecule has 0 aliphatic rings. The van der Waals surface area contributed by atoms with Crippen LogP contribution in [-0.4, -0.2) is 30.9 Å². The third-order valence-corrected chi connectivity index (χ3v) is 0.504. The highest BCUT2D eigenvalue weighted by Crippen LogP contribution is 1.70. The Morgan fingerprint density at radius 2 is 2.00 bits per heavy atom. The van der Waals surface area contributed by atoms with Crippen molar-refractivity contribution < 1.29 is 0 Å². The minimum atomic E-state index is 1.33. The molecule has 0 amide bonds. The Morgan fingerprint density at radius 1 is 1.38 bits per heavy atom. The van der Waals surface area contributed by atoms with Crippen LogP contribution in [0.3, 0.4) is 0 Å². The highest BCUT2D eigenvalue weighted by atomic mass is 32.1. The van der Waals surface area contributed by atoms with Crippen LogP contribution in [0, 0.1) is 0 Å². The molecule has 0 aromatic heterocycles. The van der Waals surface area contributed by atoms with Gasteiger partial charge in [0.2, 0.25) is 0 Å². The van der Waals surface area contributed by atoms with Gasteiger partial charge in [0, 0.05) is 14.1 Å². The van der Waals surface area contributed by atoms with Crippen molar-refractivity contribution >= 4 is 24.5 Å². The second kappa shape index (κ2) is 4.64. The Morgan fingerprint density at radius 3 is 2.38 bits per heavy atom. The summed E-state index contributed by atoms with van der Waals surface area (Å²) in [5, 5.41) is 7.06. The topological polar surface area (TPSA) is 28.0 Å². The number of nitrogens with zero attached hydrogens (tertiary/aromatic N) is 3. The van der Waals surface area contributed by atoms with Crippen molar-refractivity contribution in [2.24, 2.45) is 10.2 Å². The molecule has 3 nitrogen and oxygen atoms in total. The molecular weight excluding hydrogens is 122 g/mol. The van der Waals surface area contributed by atoms with E-state index < -0.39 is 0 Å². The highest BCUT2D eigenvalue weighted by molar-refractivity contribution is 7.94. The first kappa shape index (κ1) is 7.49. The SMILES string of the molecule is CN(C)/C=N\N=C\S. The molecule has 0 rings (SSSR count). The van der Waals surface area contributed by atoms with E-state index in [1.54, 1.807) is 11.2 Å². The van der Waals surface area contributed by atoms with E-state index in [1.807, 2.05) is 14.1 Å². The van der Waals surface area contributed by atoms with Crippen molar-refractivity contribution in [1.29, 1.82) is 0 Å². The van der Waals surface area contributed by atoms with Gasteiger partial charge in [0.1, 0.15) is 6.34 Å². The van der Waals surface area contributed by atoms with Gasteiger partial charge in [0.15, 0.2) is 0 Å². The molecule has 0 heterocycles. The number of rotatable bonds is 2. The van der Waals surface area contributed by atoms with E-state index in [-0.39, 0.29) is 0 Å². The molecule has 0 radical (unpaired) electrons. The van der Waals surface area contributed by atoms with Crippen molar-refractivity contribution in [3.8, 4) is 0 Å². The zero-order valence-corrected chi connectivity index (χ0v) is 5.84.